The molecule has 0 bridgehead atoms. The second-order valence-electron chi connectivity index (χ2n) is 7.09. The van der Waals surface area contributed by atoms with Crippen LogP contribution in [0.4, 0.5) is 0 Å². The molecule has 158 valence electrons. The minimum atomic E-state index is -0.430. The molecule has 0 radical (unpaired) electrons. The van der Waals surface area contributed by atoms with Gasteiger partial charge in [0.15, 0.2) is 0 Å². The molecule has 0 heterocycles. The van der Waals surface area contributed by atoms with Crippen molar-refractivity contribution in [2.45, 2.75) is 0 Å². The predicted molar refractivity (Wildman–Crippen MR) is 143 cm³/mol. The highest BCUT2D eigenvalue weighted by Crippen LogP contribution is 2.43. The Labute approximate surface area is 190 Å². The Kier molecular flexibility index (Phi) is 9.94. The van der Waals surface area contributed by atoms with Gasteiger partial charge in [-0.15, -0.1) is 0 Å². The van der Waals surface area contributed by atoms with Crippen molar-refractivity contribution in [1.82, 2.24) is 5.32 Å². The smallest absolute Gasteiger partial charge is 0.000332 e. The molecule has 31 heavy (non-hydrogen) atoms. The standard InChI is InChI=1S/C28H31NP2/c1-3-14-25(4-2)30(26-15-8-5-9-16-26)23-21-29-22-24-31(27-17-10-6-11-18-27)28-19-12-7-13-20-28/h3-20,29H,1-2,21-24H2/b25-14+. The van der Waals surface area contributed by atoms with Gasteiger partial charge in [0.25, 0.3) is 0 Å². The van der Waals surface area contributed by atoms with Crippen LogP contribution in [0.25, 0.3) is 0 Å². The minimum absolute atomic E-state index is 0.346. The molecule has 3 heteroatoms. The average molecular weight is 444 g/mol. The molecule has 3 rings (SSSR count). The number of hydrogen-bond acceptors (Lipinski definition) is 1. The second-order valence-corrected chi connectivity index (χ2v) is 11.8. The first-order valence-electron chi connectivity index (χ1n) is 10.7. The molecule has 0 fully saturated rings. The summed E-state index contributed by atoms with van der Waals surface area (Å²) in [7, 11) is -0.776. The van der Waals surface area contributed by atoms with Gasteiger partial charge >= 0.3 is 0 Å². The summed E-state index contributed by atoms with van der Waals surface area (Å²) in [6, 6.07) is 32.7. The van der Waals surface area contributed by atoms with Crippen LogP contribution >= 0.6 is 15.8 Å². The van der Waals surface area contributed by atoms with Crippen LogP contribution in [-0.4, -0.2) is 25.4 Å². The maximum Gasteiger partial charge on any atom is -0.000332 e. The van der Waals surface area contributed by atoms with Crippen molar-refractivity contribution >= 4 is 31.8 Å². The zero-order valence-corrected chi connectivity index (χ0v) is 19.8. The normalized spacial score (nSPS) is 12.5. The fourth-order valence-corrected chi connectivity index (χ4v) is 8.03. The van der Waals surface area contributed by atoms with Crippen LogP contribution in [0.1, 0.15) is 0 Å². The molecule has 0 spiro atoms. The molecule has 1 N–H and O–H groups in total. The van der Waals surface area contributed by atoms with Gasteiger partial charge in [-0.25, -0.2) is 0 Å². The summed E-state index contributed by atoms with van der Waals surface area (Å²) >= 11 is 0. The lowest BCUT2D eigenvalue weighted by molar-refractivity contribution is 0.771. The third-order valence-corrected chi connectivity index (χ3v) is 10.1. The van der Waals surface area contributed by atoms with E-state index in [2.05, 4.69) is 116 Å². The molecule has 1 nitrogen and oxygen atoms in total. The maximum atomic E-state index is 4.04. The maximum absolute atomic E-state index is 4.04. The van der Waals surface area contributed by atoms with Gasteiger partial charge in [-0.2, -0.15) is 0 Å². The first-order valence-corrected chi connectivity index (χ1v) is 13.7. The zero-order valence-electron chi connectivity index (χ0n) is 18.0. The van der Waals surface area contributed by atoms with E-state index in [-0.39, 0.29) is 7.92 Å². The molecule has 0 aromatic heterocycles. The fraction of sp³-hybridized carbons (Fsp3) is 0.143. The van der Waals surface area contributed by atoms with Gasteiger partial charge in [0, 0.05) is 0 Å². The van der Waals surface area contributed by atoms with Crippen LogP contribution < -0.4 is 21.2 Å². The van der Waals surface area contributed by atoms with Crippen molar-refractivity contribution in [3.63, 3.8) is 0 Å². The van der Waals surface area contributed by atoms with Gasteiger partial charge in [-0.3, -0.25) is 0 Å². The van der Waals surface area contributed by atoms with E-state index >= 15 is 0 Å². The van der Waals surface area contributed by atoms with E-state index in [1.807, 2.05) is 12.2 Å². The van der Waals surface area contributed by atoms with Crippen molar-refractivity contribution in [2.24, 2.45) is 0 Å². The predicted octanol–water partition coefficient (Wildman–Crippen LogP) is 5.77. The molecule has 0 saturated heterocycles. The average Bonchev–Trinajstić information content (AvgIpc) is 2.84. The third-order valence-electron chi connectivity index (χ3n) is 5.04. The summed E-state index contributed by atoms with van der Waals surface area (Å²) < 4.78 is 0. The van der Waals surface area contributed by atoms with Crippen LogP contribution in [0.15, 0.2) is 128 Å². The van der Waals surface area contributed by atoms with E-state index in [0.717, 1.165) is 25.4 Å². The van der Waals surface area contributed by atoms with E-state index in [4.69, 9.17) is 0 Å². The Hall–Kier alpha value is -2.30. The zero-order chi connectivity index (χ0) is 21.7. The molecule has 0 saturated carbocycles. The molecule has 1 unspecified atom stereocenters. The quantitative estimate of drug-likeness (QED) is 0.213. The molecule has 1 atom stereocenters. The highest BCUT2D eigenvalue weighted by molar-refractivity contribution is 7.73. The molecule has 0 amide bonds. The summed E-state index contributed by atoms with van der Waals surface area (Å²) in [5.41, 5.74) is 0. The lowest BCUT2D eigenvalue weighted by atomic mass is 10.4. The molecule has 0 aliphatic heterocycles. The molecular weight excluding hydrogens is 412 g/mol. The van der Waals surface area contributed by atoms with E-state index in [9.17, 15) is 0 Å². The van der Waals surface area contributed by atoms with Crippen LogP contribution in [0.5, 0.6) is 0 Å². The van der Waals surface area contributed by atoms with Crippen molar-refractivity contribution in [2.75, 3.05) is 25.4 Å². The Bertz CT molecular complexity index is 913. The summed E-state index contributed by atoms with van der Waals surface area (Å²) in [6.07, 6.45) is 8.21. The molecule has 3 aromatic rings. The second kappa shape index (κ2) is 13.2. The summed E-state index contributed by atoms with van der Waals surface area (Å²) in [5, 5.41) is 9.29. The largest absolute Gasteiger partial charge is 0.316 e. The van der Waals surface area contributed by atoms with E-state index in [0.29, 0.717) is 0 Å². The van der Waals surface area contributed by atoms with Crippen LogP contribution in [0.3, 0.4) is 0 Å². The molecule has 0 aliphatic carbocycles. The highest BCUT2D eigenvalue weighted by Gasteiger charge is 2.15. The summed E-state index contributed by atoms with van der Waals surface area (Å²) in [4.78, 5) is 0. The van der Waals surface area contributed by atoms with Gasteiger partial charge in [0.05, 0.1) is 0 Å². The number of rotatable bonds is 12. The molecule has 3 aromatic carbocycles. The first kappa shape index (κ1) is 23.4. The lowest BCUT2D eigenvalue weighted by Crippen LogP contribution is -2.25. The number of nitrogens with one attached hydrogen (secondary N) is 1. The van der Waals surface area contributed by atoms with E-state index < -0.39 is 7.92 Å². The fourth-order valence-electron chi connectivity index (χ4n) is 3.53. The number of allylic oxidation sites excluding steroid dienone is 4. The molecular formula is C28H31NP2. The van der Waals surface area contributed by atoms with Crippen LogP contribution in [0.2, 0.25) is 0 Å². The lowest BCUT2D eigenvalue weighted by Gasteiger charge is -2.21. The van der Waals surface area contributed by atoms with Crippen LogP contribution in [0, 0.1) is 0 Å². The van der Waals surface area contributed by atoms with E-state index in [1.165, 1.54) is 21.2 Å². The van der Waals surface area contributed by atoms with Gasteiger partial charge in [-0.1, -0.05) is 122 Å². The first-order chi connectivity index (χ1) is 15.3. The van der Waals surface area contributed by atoms with Gasteiger partial charge in [0.2, 0.25) is 0 Å². The highest BCUT2D eigenvalue weighted by atomic mass is 31.1. The van der Waals surface area contributed by atoms with Gasteiger partial charge in [0.1, 0.15) is 0 Å². The molecule has 0 aliphatic rings. The van der Waals surface area contributed by atoms with Gasteiger partial charge < -0.3 is 5.32 Å². The van der Waals surface area contributed by atoms with Crippen LogP contribution in [-0.2, 0) is 0 Å². The monoisotopic (exact) mass is 443 g/mol. The van der Waals surface area contributed by atoms with Crippen molar-refractivity contribution in [3.05, 3.63) is 128 Å². The summed E-state index contributed by atoms with van der Waals surface area (Å²) in [6.45, 7) is 9.94. The van der Waals surface area contributed by atoms with Crippen molar-refractivity contribution in [1.29, 1.82) is 0 Å². The third kappa shape index (κ3) is 7.12. The van der Waals surface area contributed by atoms with Crippen molar-refractivity contribution in [3.8, 4) is 0 Å². The number of hydrogen-bond donors (Lipinski definition) is 1. The van der Waals surface area contributed by atoms with E-state index in [1.54, 1.807) is 0 Å². The Morgan fingerprint density at radius 1 is 0.677 bits per heavy atom. The number of benzene rings is 3. The topological polar surface area (TPSA) is 12.0 Å². The minimum Gasteiger partial charge on any atom is -0.316 e. The summed E-state index contributed by atoms with van der Waals surface area (Å²) in [5.74, 6) is 0. The van der Waals surface area contributed by atoms with Gasteiger partial charge in [-0.05, 0) is 62.5 Å². The SMILES string of the molecule is C=C/C=C(\C=C)P(CCNCCP(c1ccccc1)c1ccccc1)c1ccccc1. The Morgan fingerprint density at radius 3 is 1.65 bits per heavy atom. The van der Waals surface area contributed by atoms with Crippen molar-refractivity contribution < 1.29 is 0 Å². The Morgan fingerprint density at radius 2 is 1.16 bits per heavy atom. The Balaban J connectivity index is 1.61.